The Bertz CT molecular complexity index is 606. The minimum absolute atomic E-state index is 0.0195. The molecule has 0 aromatic carbocycles. The summed E-state index contributed by atoms with van der Waals surface area (Å²) < 4.78 is 7.55. The lowest BCUT2D eigenvalue weighted by Gasteiger charge is -2.35. The third-order valence-electron chi connectivity index (χ3n) is 5.51. The zero-order valence-corrected chi connectivity index (χ0v) is 16.0. The lowest BCUT2D eigenvalue weighted by molar-refractivity contribution is -0.0118. The Kier molecular flexibility index (Phi) is 5.95. The molecule has 0 radical (unpaired) electrons. The Hall–Kier alpha value is -1.20. The van der Waals surface area contributed by atoms with E-state index in [1.54, 1.807) is 10.7 Å². The fraction of sp³-hybridized carbons (Fsp3) is 0.800. The lowest BCUT2D eigenvalue weighted by atomic mass is 9.92. The van der Waals surface area contributed by atoms with Crippen LogP contribution < -0.4 is 5.56 Å². The van der Waals surface area contributed by atoms with Crippen LogP contribution in [0.5, 0.6) is 0 Å². The first kappa shape index (κ1) is 18.6. The van der Waals surface area contributed by atoms with Crippen LogP contribution in [-0.4, -0.2) is 47.0 Å². The van der Waals surface area contributed by atoms with E-state index in [1.165, 1.54) is 19.3 Å². The molecule has 2 saturated heterocycles. The molecule has 1 atom stereocenters. The van der Waals surface area contributed by atoms with Crippen molar-refractivity contribution in [3.8, 4) is 0 Å². The normalized spacial score (nSPS) is 23.7. The average Bonchev–Trinajstić information content (AvgIpc) is 2.58. The van der Waals surface area contributed by atoms with Crippen molar-refractivity contribution in [1.29, 1.82) is 0 Å². The number of hydrogen-bond acceptors (Lipinski definition) is 4. The molecular weight excluding hydrogens is 314 g/mol. The SMILES string of the molecule is CC(C)(C)c1ccc(=O)n(CC2CCN(CC3CCCCO3)CC2)n1. The van der Waals surface area contributed by atoms with E-state index in [0.717, 1.165) is 51.3 Å². The third kappa shape index (κ3) is 5.14. The van der Waals surface area contributed by atoms with Gasteiger partial charge in [-0.3, -0.25) is 4.79 Å². The zero-order valence-electron chi connectivity index (χ0n) is 16.0. The van der Waals surface area contributed by atoms with Gasteiger partial charge in [0.2, 0.25) is 0 Å². The molecular formula is C20H33N3O2. The molecule has 25 heavy (non-hydrogen) atoms. The topological polar surface area (TPSA) is 47.4 Å². The monoisotopic (exact) mass is 347 g/mol. The Morgan fingerprint density at radius 1 is 1.12 bits per heavy atom. The van der Waals surface area contributed by atoms with Crippen molar-refractivity contribution in [2.45, 2.75) is 70.9 Å². The number of rotatable bonds is 4. The van der Waals surface area contributed by atoms with Crippen molar-refractivity contribution < 1.29 is 4.74 Å². The molecule has 0 spiro atoms. The molecule has 2 fully saturated rings. The van der Waals surface area contributed by atoms with Gasteiger partial charge in [-0.05, 0) is 57.2 Å². The van der Waals surface area contributed by atoms with Gasteiger partial charge < -0.3 is 9.64 Å². The average molecular weight is 348 g/mol. The highest BCUT2D eigenvalue weighted by Crippen LogP contribution is 2.22. The molecule has 0 aliphatic carbocycles. The second-order valence-electron chi connectivity index (χ2n) is 8.72. The maximum absolute atomic E-state index is 12.2. The molecule has 2 aliphatic rings. The van der Waals surface area contributed by atoms with Crippen LogP contribution in [0.3, 0.4) is 0 Å². The minimum Gasteiger partial charge on any atom is -0.377 e. The second-order valence-corrected chi connectivity index (χ2v) is 8.72. The molecule has 5 heteroatoms. The van der Waals surface area contributed by atoms with Gasteiger partial charge in [0.05, 0.1) is 11.8 Å². The van der Waals surface area contributed by atoms with Gasteiger partial charge in [0.15, 0.2) is 0 Å². The van der Waals surface area contributed by atoms with Crippen molar-refractivity contribution in [3.63, 3.8) is 0 Å². The Morgan fingerprint density at radius 3 is 2.52 bits per heavy atom. The standard InChI is InChI=1S/C20H33N3O2/c1-20(2,3)18-7-8-19(24)23(21-18)14-16-9-11-22(12-10-16)15-17-6-4-5-13-25-17/h7-8,16-17H,4-6,9-15H2,1-3H3. The summed E-state index contributed by atoms with van der Waals surface area (Å²) in [4.78, 5) is 14.7. The first-order valence-corrected chi connectivity index (χ1v) is 9.84. The van der Waals surface area contributed by atoms with Crippen LogP contribution >= 0.6 is 0 Å². The van der Waals surface area contributed by atoms with Crippen molar-refractivity contribution in [2.24, 2.45) is 5.92 Å². The first-order valence-electron chi connectivity index (χ1n) is 9.84. The smallest absolute Gasteiger partial charge is 0.266 e. The van der Waals surface area contributed by atoms with E-state index >= 15 is 0 Å². The van der Waals surface area contributed by atoms with Gasteiger partial charge >= 0.3 is 0 Å². The van der Waals surface area contributed by atoms with Gasteiger partial charge in [-0.15, -0.1) is 0 Å². The summed E-state index contributed by atoms with van der Waals surface area (Å²) in [5.41, 5.74) is 0.976. The van der Waals surface area contributed by atoms with Crippen LogP contribution in [0, 0.1) is 5.92 Å². The molecule has 3 rings (SSSR count). The predicted octanol–water partition coefficient (Wildman–Crippen LogP) is 2.82. The first-order chi connectivity index (χ1) is 11.9. The van der Waals surface area contributed by atoms with Crippen LogP contribution in [-0.2, 0) is 16.7 Å². The van der Waals surface area contributed by atoms with Crippen molar-refractivity contribution in [3.05, 3.63) is 28.2 Å². The maximum Gasteiger partial charge on any atom is 0.266 e. The number of nitrogens with zero attached hydrogens (tertiary/aromatic N) is 3. The van der Waals surface area contributed by atoms with Gasteiger partial charge in [0, 0.05) is 31.2 Å². The second kappa shape index (κ2) is 8.00. The molecule has 2 aliphatic heterocycles. The van der Waals surface area contributed by atoms with Crippen LogP contribution in [0.15, 0.2) is 16.9 Å². The van der Waals surface area contributed by atoms with Crippen molar-refractivity contribution in [1.82, 2.24) is 14.7 Å². The summed E-state index contributed by atoms with van der Waals surface area (Å²) in [6.07, 6.45) is 6.44. The van der Waals surface area contributed by atoms with E-state index in [-0.39, 0.29) is 11.0 Å². The molecule has 140 valence electrons. The molecule has 1 unspecified atom stereocenters. The zero-order chi connectivity index (χ0) is 17.9. The lowest BCUT2D eigenvalue weighted by Crippen LogP contribution is -2.42. The molecule has 3 heterocycles. The van der Waals surface area contributed by atoms with E-state index < -0.39 is 0 Å². The number of likely N-dealkylation sites (tertiary alicyclic amines) is 1. The number of ether oxygens (including phenoxy) is 1. The molecule has 0 bridgehead atoms. The van der Waals surface area contributed by atoms with Gasteiger partial charge in [-0.1, -0.05) is 20.8 Å². The third-order valence-corrected chi connectivity index (χ3v) is 5.51. The quantitative estimate of drug-likeness (QED) is 0.840. The Morgan fingerprint density at radius 2 is 1.88 bits per heavy atom. The molecule has 0 saturated carbocycles. The van der Waals surface area contributed by atoms with Crippen molar-refractivity contribution >= 4 is 0 Å². The predicted molar refractivity (Wildman–Crippen MR) is 100.0 cm³/mol. The van der Waals surface area contributed by atoms with E-state index in [2.05, 4.69) is 30.8 Å². The Labute approximate surface area is 151 Å². The molecule has 1 aromatic rings. The summed E-state index contributed by atoms with van der Waals surface area (Å²) in [5.74, 6) is 0.545. The molecule has 1 aromatic heterocycles. The van der Waals surface area contributed by atoms with Crippen molar-refractivity contribution in [2.75, 3.05) is 26.2 Å². The van der Waals surface area contributed by atoms with Gasteiger partial charge in [0.1, 0.15) is 0 Å². The summed E-state index contributed by atoms with van der Waals surface area (Å²) in [5, 5.41) is 4.62. The van der Waals surface area contributed by atoms with E-state index in [1.807, 2.05) is 6.07 Å². The molecule has 0 amide bonds. The van der Waals surface area contributed by atoms with E-state index in [0.29, 0.717) is 12.0 Å². The van der Waals surface area contributed by atoms with Gasteiger partial charge in [-0.2, -0.15) is 5.10 Å². The van der Waals surface area contributed by atoms with E-state index in [9.17, 15) is 4.79 Å². The number of piperidine rings is 1. The fourth-order valence-electron chi connectivity index (χ4n) is 3.82. The molecule has 0 N–H and O–H groups in total. The number of hydrogen-bond donors (Lipinski definition) is 0. The van der Waals surface area contributed by atoms with Crippen LogP contribution in [0.25, 0.3) is 0 Å². The Balaban J connectivity index is 1.53. The highest BCUT2D eigenvalue weighted by Gasteiger charge is 2.24. The minimum atomic E-state index is -0.0290. The highest BCUT2D eigenvalue weighted by atomic mass is 16.5. The van der Waals surface area contributed by atoms with Crippen LogP contribution in [0.2, 0.25) is 0 Å². The molecule has 5 nitrogen and oxygen atoms in total. The summed E-state index contributed by atoms with van der Waals surface area (Å²) in [6, 6.07) is 3.54. The van der Waals surface area contributed by atoms with Gasteiger partial charge in [0.25, 0.3) is 5.56 Å². The summed E-state index contributed by atoms with van der Waals surface area (Å²) in [7, 11) is 0. The van der Waals surface area contributed by atoms with Crippen LogP contribution in [0.4, 0.5) is 0 Å². The van der Waals surface area contributed by atoms with Gasteiger partial charge in [-0.25, -0.2) is 4.68 Å². The summed E-state index contributed by atoms with van der Waals surface area (Å²) >= 11 is 0. The summed E-state index contributed by atoms with van der Waals surface area (Å²) in [6.45, 7) is 11.4. The number of aromatic nitrogens is 2. The van der Waals surface area contributed by atoms with E-state index in [4.69, 9.17) is 4.74 Å². The maximum atomic E-state index is 12.2. The highest BCUT2D eigenvalue weighted by molar-refractivity contribution is 5.10. The fourth-order valence-corrected chi connectivity index (χ4v) is 3.82. The van der Waals surface area contributed by atoms with Crippen LogP contribution in [0.1, 0.15) is 58.6 Å². The largest absolute Gasteiger partial charge is 0.377 e.